The third kappa shape index (κ3) is 7.89. The summed E-state index contributed by atoms with van der Waals surface area (Å²) in [6, 6.07) is 85.8. The zero-order valence-electron chi connectivity index (χ0n) is 41.6. The lowest BCUT2D eigenvalue weighted by Gasteiger charge is -2.18. The summed E-state index contributed by atoms with van der Waals surface area (Å²) in [5.41, 5.74) is 12.8. The molecular formula is C68H40N10. The molecule has 14 aromatic rings. The molecule has 0 fully saturated rings. The second kappa shape index (κ2) is 18.9. The molecule has 10 aromatic carbocycles. The van der Waals surface area contributed by atoms with Gasteiger partial charge in [0, 0.05) is 54.9 Å². The molecule has 4 aromatic heterocycles. The zero-order valence-corrected chi connectivity index (χ0v) is 41.6. The van der Waals surface area contributed by atoms with E-state index in [0.29, 0.717) is 57.4 Å². The third-order valence-electron chi connectivity index (χ3n) is 14.3. The number of hydrogen-bond donors (Lipinski definition) is 0. The van der Waals surface area contributed by atoms with Gasteiger partial charge in [0.15, 0.2) is 34.9 Å². The first-order chi connectivity index (χ1) is 38.6. The molecule has 10 heteroatoms. The maximum atomic E-state index is 11.7. The summed E-state index contributed by atoms with van der Waals surface area (Å²) in [5, 5.41) is 25.8. The molecule has 0 saturated heterocycles. The maximum Gasteiger partial charge on any atom is 0.164 e. The van der Waals surface area contributed by atoms with E-state index in [2.05, 4.69) is 81.9 Å². The number of rotatable bonds is 9. The predicted molar refractivity (Wildman–Crippen MR) is 309 cm³/mol. The highest BCUT2D eigenvalue weighted by molar-refractivity contribution is 6.12. The summed E-state index contributed by atoms with van der Waals surface area (Å²) in [5.74, 6) is 3.38. The minimum absolute atomic E-state index is 0.462. The van der Waals surface area contributed by atoms with Gasteiger partial charge in [0.1, 0.15) is 11.6 Å². The summed E-state index contributed by atoms with van der Waals surface area (Å²) in [7, 11) is 0. The molecular weight excluding hydrogens is 957 g/mol. The largest absolute Gasteiger partial charge is 0.308 e. The zero-order chi connectivity index (χ0) is 52.1. The van der Waals surface area contributed by atoms with Gasteiger partial charge in [-0.25, -0.2) is 29.9 Å². The van der Waals surface area contributed by atoms with Crippen LogP contribution >= 0.6 is 0 Å². The van der Waals surface area contributed by atoms with Crippen LogP contribution in [-0.4, -0.2) is 39.0 Å². The molecule has 0 aliphatic carbocycles. The summed E-state index contributed by atoms with van der Waals surface area (Å²) < 4.78 is 4.38. The Morgan fingerprint density at radius 3 is 0.987 bits per heavy atom. The van der Waals surface area contributed by atoms with E-state index in [1.807, 2.05) is 176 Å². The molecule has 0 amide bonds. The Kier molecular flexibility index (Phi) is 11.0. The first kappa shape index (κ1) is 45.4. The maximum absolute atomic E-state index is 11.7. The fourth-order valence-corrected chi connectivity index (χ4v) is 10.6. The second-order valence-corrected chi connectivity index (χ2v) is 18.9. The minimum Gasteiger partial charge on any atom is -0.308 e. The highest BCUT2D eigenvalue weighted by Gasteiger charge is 2.24. The molecule has 0 radical (unpaired) electrons. The van der Waals surface area contributed by atoms with E-state index >= 15 is 0 Å². The number of benzene rings is 10. The van der Waals surface area contributed by atoms with Gasteiger partial charge in [0.25, 0.3) is 0 Å². The number of para-hydroxylation sites is 2. The SMILES string of the molecule is N#Cc1cccc(-c2cc(-n3c4ccccc4c4cc(-c5nc(-c6ccccc6)nc(-c6ccccc6)n5)ccc43)c(C#N)c(-n3c4ccccc4c4cc(-c5nc(-c6ccccc6)nc(-c6ccccc6)n5)ccc43)c2)c1. The van der Waals surface area contributed by atoms with Crippen LogP contribution in [0.1, 0.15) is 11.1 Å². The minimum atomic E-state index is 0.462. The highest BCUT2D eigenvalue weighted by atomic mass is 15.1. The molecule has 0 unspecified atom stereocenters. The van der Waals surface area contributed by atoms with Crippen LogP contribution in [0, 0.1) is 22.7 Å². The van der Waals surface area contributed by atoms with Crippen molar-refractivity contribution >= 4 is 43.6 Å². The van der Waals surface area contributed by atoms with Gasteiger partial charge < -0.3 is 9.13 Å². The molecule has 14 rings (SSSR count). The van der Waals surface area contributed by atoms with Crippen LogP contribution < -0.4 is 0 Å². The number of fused-ring (bicyclic) bond motifs is 6. The normalized spacial score (nSPS) is 11.3. The second-order valence-electron chi connectivity index (χ2n) is 18.9. The Morgan fingerprint density at radius 1 is 0.256 bits per heavy atom. The lowest BCUT2D eigenvalue weighted by molar-refractivity contribution is 1.07. The number of nitrogens with zero attached hydrogens (tertiary/aromatic N) is 10. The van der Waals surface area contributed by atoms with Crippen molar-refractivity contribution in [2.24, 2.45) is 0 Å². The average Bonchev–Trinajstić information content (AvgIpc) is 4.24. The van der Waals surface area contributed by atoms with E-state index in [-0.39, 0.29) is 0 Å². The van der Waals surface area contributed by atoms with Crippen molar-refractivity contribution in [2.45, 2.75) is 0 Å². The standard InChI is InChI=1S/C68H40N10/c69-41-43-18-17-27-48(36-43)51-39-61(77-57-30-15-13-28-52(57)54-37-49(32-34-59(54)77)67-73-63(44-19-5-1-6-20-44)71-64(74-67)45-21-7-2-8-22-45)56(42-70)62(40-51)78-58-31-16-14-29-53(58)55-38-50(33-35-60(55)78)68-75-65(46-23-9-3-10-24-46)72-66(76-68)47-25-11-4-12-26-47/h1-40H. The fourth-order valence-electron chi connectivity index (χ4n) is 10.6. The van der Waals surface area contributed by atoms with Crippen molar-refractivity contribution < 1.29 is 0 Å². The molecule has 362 valence electrons. The predicted octanol–water partition coefficient (Wildman–Crippen LogP) is 15.7. The van der Waals surface area contributed by atoms with Gasteiger partial charge in [-0.05, 0) is 83.9 Å². The highest BCUT2D eigenvalue weighted by Crippen LogP contribution is 2.42. The molecule has 0 saturated carbocycles. The molecule has 0 N–H and O–H groups in total. The monoisotopic (exact) mass is 996 g/mol. The Balaban J connectivity index is 0.989. The molecule has 10 nitrogen and oxygen atoms in total. The van der Waals surface area contributed by atoms with Crippen molar-refractivity contribution in [3.63, 3.8) is 0 Å². The summed E-state index contributed by atoms with van der Waals surface area (Å²) in [4.78, 5) is 30.2. The summed E-state index contributed by atoms with van der Waals surface area (Å²) >= 11 is 0. The third-order valence-corrected chi connectivity index (χ3v) is 14.3. The fraction of sp³-hybridized carbons (Fsp3) is 0. The Bertz CT molecular complexity index is 4370. The van der Waals surface area contributed by atoms with Crippen LogP contribution in [0.25, 0.3) is 134 Å². The Labute approximate surface area is 447 Å². The van der Waals surface area contributed by atoms with Crippen LogP contribution in [0.15, 0.2) is 243 Å². The van der Waals surface area contributed by atoms with Crippen molar-refractivity contribution in [2.75, 3.05) is 0 Å². The van der Waals surface area contributed by atoms with Crippen LogP contribution in [-0.2, 0) is 0 Å². The molecule has 0 bridgehead atoms. The van der Waals surface area contributed by atoms with Crippen molar-refractivity contribution in [3.05, 3.63) is 254 Å². The van der Waals surface area contributed by atoms with Crippen LogP contribution in [0.5, 0.6) is 0 Å². The van der Waals surface area contributed by atoms with Crippen molar-refractivity contribution in [1.82, 2.24) is 39.0 Å². The van der Waals surface area contributed by atoms with Gasteiger partial charge in [0.2, 0.25) is 0 Å². The summed E-state index contributed by atoms with van der Waals surface area (Å²) in [6.07, 6.45) is 0. The van der Waals surface area contributed by atoms with Crippen LogP contribution in [0.4, 0.5) is 0 Å². The van der Waals surface area contributed by atoms with Crippen molar-refractivity contribution in [3.8, 4) is 103 Å². The van der Waals surface area contributed by atoms with E-state index in [0.717, 1.165) is 88.1 Å². The van der Waals surface area contributed by atoms with Crippen LogP contribution in [0.3, 0.4) is 0 Å². The molecule has 0 spiro atoms. The van der Waals surface area contributed by atoms with Gasteiger partial charge in [-0.2, -0.15) is 10.5 Å². The van der Waals surface area contributed by atoms with Gasteiger partial charge in [-0.3, -0.25) is 0 Å². The van der Waals surface area contributed by atoms with E-state index in [1.54, 1.807) is 6.07 Å². The van der Waals surface area contributed by atoms with Gasteiger partial charge >= 0.3 is 0 Å². The van der Waals surface area contributed by atoms with E-state index < -0.39 is 0 Å². The van der Waals surface area contributed by atoms with Crippen molar-refractivity contribution in [1.29, 1.82) is 10.5 Å². The van der Waals surface area contributed by atoms with E-state index in [4.69, 9.17) is 29.9 Å². The number of aromatic nitrogens is 8. The lowest BCUT2D eigenvalue weighted by atomic mass is 9.98. The topological polar surface area (TPSA) is 135 Å². The smallest absolute Gasteiger partial charge is 0.164 e. The van der Waals surface area contributed by atoms with Gasteiger partial charge in [-0.1, -0.05) is 170 Å². The quantitative estimate of drug-likeness (QED) is 0.139. The Morgan fingerprint density at radius 2 is 0.603 bits per heavy atom. The first-order valence-electron chi connectivity index (χ1n) is 25.5. The van der Waals surface area contributed by atoms with E-state index in [9.17, 15) is 10.5 Å². The van der Waals surface area contributed by atoms with Gasteiger partial charge in [0.05, 0.1) is 45.1 Å². The molecule has 0 aliphatic rings. The van der Waals surface area contributed by atoms with Gasteiger partial charge in [-0.15, -0.1) is 0 Å². The number of hydrogen-bond acceptors (Lipinski definition) is 8. The molecule has 78 heavy (non-hydrogen) atoms. The molecule has 0 atom stereocenters. The Hall–Kier alpha value is -11.2. The lowest BCUT2D eigenvalue weighted by Crippen LogP contribution is -2.05. The van der Waals surface area contributed by atoms with E-state index in [1.165, 1.54) is 0 Å². The number of nitriles is 2. The summed E-state index contributed by atoms with van der Waals surface area (Å²) in [6.45, 7) is 0. The first-order valence-corrected chi connectivity index (χ1v) is 25.5. The average molecular weight is 997 g/mol. The molecule has 4 heterocycles. The molecule has 0 aliphatic heterocycles. The van der Waals surface area contributed by atoms with Crippen LogP contribution in [0.2, 0.25) is 0 Å².